The van der Waals surface area contributed by atoms with Crippen molar-refractivity contribution in [3.8, 4) is 0 Å². The summed E-state index contributed by atoms with van der Waals surface area (Å²) in [4.78, 5) is 38.2. The van der Waals surface area contributed by atoms with E-state index in [9.17, 15) is 14.4 Å². The first-order valence-corrected chi connectivity index (χ1v) is 34.0. The van der Waals surface area contributed by atoms with E-state index in [1.807, 2.05) is 0 Å². The molecule has 0 saturated carbocycles. The van der Waals surface area contributed by atoms with Gasteiger partial charge < -0.3 is 14.2 Å². The predicted molar refractivity (Wildman–Crippen MR) is 362 cm³/mol. The van der Waals surface area contributed by atoms with Crippen LogP contribution in [0.1, 0.15) is 290 Å². The Morgan fingerprint density at radius 1 is 0.253 bits per heavy atom. The molecule has 0 fully saturated rings. The van der Waals surface area contributed by atoms with Gasteiger partial charge in [-0.1, -0.05) is 301 Å². The van der Waals surface area contributed by atoms with E-state index in [0.717, 1.165) is 154 Å². The Labute approximate surface area is 511 Å². The van der Waals surface area contributed by atoms with E-state index in [4.69, 9.17) is 14.2 Å². The summed E-state index contributed by atoms with van der Waals surface area (Å²) in [6.07, 6.45) is 101. The highest BCUT2D eigenvalue weighted by Gasteiger charge is 2.19. The summed E-state index contributed by atoms with van der Waals surface area (Å²) >= 11 is 0. The third-order valence-corrected chi connectivity index (χ3v) is 14.0. The molecule has 0 aliphatic rings. The average Bonchev–Trinajstić information content (AvgIpc) is 3.49. The van der Waals surface area contributed by atoms with Crippen molar-refractivity contribution >= 4 is 17.9 Å². The lowest BCUT2D eigenvalue weighted by Crippen LogP contribution is -2.30. The second kappa shape index (κ2) is 69.5. The molecule has 468 valence electrons. The molecule has 0 aromatic heterocycles. The van der Waals surface area contributed by atoms with Gasteiger partial charge in [0.25, 0.3) is 0 Å². The van der Waals surface area contributed by atoms with E-state index in [-0.39, 0.29) is 31.1 Å². The third kappa shape index (κ3) is 67.7. The SMILES string of the molecule is CC/C=C\C/C=C\C/C=C\C/C=C\C/C=C\C/C=C\C/C=C\CCCCCCCCCC(=O)OCC(COC(=O)CCCCCCCCC)OC(=O)CCCCCCCCCCCC/C=C\C/C=C\C/C=C\C/C=C\C/C=C\C/C=C\CC. The molecule has 0 aliphatic carbocycles. The lowest BCUT2D eigenvalue weighted by molar-refractivity contribution is -0.167. The molecule has 0 aromatic carbocycles. The molecule has 0 spiro atoms. The van der Waals surface area contributed by atoms with Crippen LogP contribution in [0, 0.1) is 0 Å². The third-order valence-electron chi connectivity index (χ3n) is 14.0. The van der Waals surface area contributed by atoms with E-state index >= 15 is 0 Å². The Morgan fingerprint density at radius 2 is 0.470 bits per heavy atom. The monoisotopic (exact) mass is 1140 g/mol. The summed E-state index contributed by atoms with van der Waals surface area (Å²) in [7, 11) is 0. The first kappa shape index (κ1) is 78.0. The van der Waals surface area contributed by atoms with Gasteiger partial charge in [0.2, 0.25) is 0 Å². The molecule has 6 nitrogen and oxygen atoms in total. The van der Waals surface area contributed by atoms with Crippen LogP contribution in [-0.4, -0.2) is 37.2 Å². The van der Waals surface area contributed by atoms with Crippen LogP contribution >= 0.6 is 0 Å². The quantitative estimate of drug-likeness (QED) is 0.0261. The van der Waals surface area contributed by atoms with Gasteiger partial charge in [0.1, 0.15) is 13.2 Å². The largest absolute Gasteiger partial charge is 0.462 e. The minimum absolute atomic E-state index is 0.0872. The Kier molecular flexibility index (Phi) is 65.4. The van der Waals surface area contributed by atoms with Crippen LogP contribution in [0.2, 0.25) is 0 Å². The van der Waals surface area contributed by atoms with E-state index in [1.54, 1.807) is 0 Å². The van der Waals surface area contributed by atoms with Crippen molar-refractivity contribution < 1.29 is 28.6 Å². The van der Waals surface area contributed by atoms with Crippen molar-refractivity contribution in [2.45, 2.75) is 297 Å². The topological polar surface area (TPSA) is 78.9 Å². The minimum atomic E-state index is -0.790. The summed E-state index contributed by atoms with van der Waals surface area (Å²) in [5.41, 5.74) is 0. The minimum Gasteiger partial charge on any atom is -0.462 e. The molecule has 0 aliphatic heterocycles. The van der Waals surface area contributed by atoms with Gasteiger partial charge >= 0.3 is 17.9 Å². The molecular formula is C77H124O6. The van der Waals surface area contributed by atoms with Crippen molar-refractivity contribution in [1.82, 2.24) is 0 Å². The van der Waals surface area contributed by atoms with Gasteiger partial charge in [-0.3, -0.25) is 14.4 Å². The number of ether oxygens (including phenoxy) is 3. The molecule has 83 heavy (non-hydrogen) atoms. The maximum atomic E-state index is 12.9. The van der Waals surface area contributed by atoms with Gasteiger partial charge in [-0.15, -0.1) is 0 Å². The number of esters is 3. The summed E-state index contributed by atoms with van der Waals surface area (Å²) in [6, 6.07) is 0. The van der Waals surface area contributed by atoms with Crippen molar-refractivity contribution in [3.05, 3.63) is 158 Å². The van der Waals surface area contributed by atoms with Gasteiger partial charge in [0.05, 0.1) is 0 Å². The number of carbonyl (C=O) groups is 3. The molecule has 0 saturated heterocycles. The van der Waals surface area contributed by atoms with Crippen molar-refractivity contribution in [1.29, 1.82) is 0 Å². The van der Waals surface area contributed by atoms with Gasteiger partial charge in [0.15, 0.2) is 6.10 Å². The lowest BCUT2D eigenvalue weighted by atomic mass is 10.0. The highest BCUT2D eigenvalue weighted by atomic mass is 16.6. The number of allylic oxidation sites excluding steroid dienone is 26. The number of hydrogen-bond acceptors (Lipinski definition) is 6. The number of hydrogen-bond donors (Lipinski definition) is 0. The molecule has 0 N–H and O–H groups in total. The fourth-order valence-electron chi connectivity index (χ4n) is 9.01. The molecule has 0 aromatic rings. The first-order valence-electron chi connectivity index (χ1n) is 34.0. The molecule has 0 radical (unpaired) electrons. The van der Waals surface area contributed by atoms with E-state index < -0.39 is 6.10 Å². The maximum Gasteiger partial charge on any atom is 0.306 e. The maximum absolute atomic E-state index is 12.9. The first-order chi connectivity index (χ1) is 41.0. The van der Waals surface area contributed by atoms with Crippen LogP contribution in [0.5, 0.6) is 0 Å². The van der Waals surface area contributed by atoms with Gasteiger partial charge in [-0.25, -0.2) is 0 Å². The zero-order chi connectivity index (χ0) is 59.9. The standard InChI is InChI=1S/C77H124O6/c1-4-7-10-13-16-18-20-22-24-26-28-30-32-34-36-38-40-42-44-46-48-50-52-54-56-58-61-64-67-70-76(79)82-73-74(72-81-75(78)69-66-63-60-15-12-9-6-3)83-77(80)71-68-65-62-59-57-55-53-51-49-47-45-43-41-39-37-35-33-31-29-27-25-23-21-19-17-14-11-8-5-2/h7-8,10-11,16-19,22-25,28-31,34-37,40-43,46,48,74H,4-6,9,12-15,20-21,26-27,32-33,38-39,44-45,47,49-73H2,1-3H3/b10-7-,11-8-,18-16-,19-17-,24-22-,25-23-,30-28-,31-29-,36-34-,37-35-,42-40-,43-41-,48-46-. The summed E-state index contributed by atoms with van der Waals surface area (Å²) in [6.45, 7) is 6.36. The molecule has 0 rings (SSSR count). The average molecular weight is 1150 g/mol. The Hall–Kier alpha value is -4.97. The van der Waals surface area contributed by atoms with E-state index in [0.29, 0.717) is 19.3 Å². The highest BCUT2D eigenvalue weighted by molar-refractivity contribution is 5.71. The van der Waals surface area contributed by atoms with Crippen molar-refractivity contribution in [2.24, 2.45) is 0 Å². The van der Waals surface area contributed by atoms with Crippen LogP contribution in [-0.2, 0) is 28.6 Å². The predicted octanol–water partition coefficient (Wildman–Crippen LogP) is 23.7. The fraction of sp³-hybridized carbons (Fsp3) is 0.623. The van der Waals surface area contributed by atoms with E-state index in [1.165, 1.54) is 96.3 Å². The second-order valence-corrected chi connectivity index (χ2v) is 22.0. The molecule has 1 unspecified atom stereocenters. The molecule has 1 atom stereocenters. The normalized spacial score (nSPS) is 13.1. The van der Waals surface area contributed by atoms with Crippen LogP contribution in [0.15, 0.2) is 158 Å². The molecule has 0 bridgehead atoms. The van der Waals surface area contributed by atoms with Crippen LogP contribution < -0.4 is 0 Å². The summed E-state index contributed by atoms with van der Waals surface area (Å²) in [5.74, 6) is -0.910. The van der Waals surface area contributed by atoms with Crippen LogP contribution in [0.4, 0.5) is 0 Å². The molecule has 0 heterocycles. The number of rotatable bonds is 60. The van der Waals surface area contributed by atoms with Crippen LogP contribution in [0.3, 0.4) is 0 Å². The Morgan fingerprint density at radius 3 is 0.735 bits per heavy atom. The molecule has 6 heteroatoms. The highest BCUT2D eigenvalue weighted by Crippen LogP contribution is 2.15. The van der Waals surface area contributed by atoms with Gasteiger partial charge in [0, 0.05) is 19.3 Å². The van der Waals surface area contributed by atoms with E-state index in [2.05, 4.69) is 179 Å². The second-order valence-electron chi connectivity index (χ2n) is 22.0. The Bertz CT molecular complexity index is 1840. The number of unbranched alkanes of at least 4 members (excludes halogenated alkanes) is 23. The molecule has 0 amide bonds. The summed E-state index contributed by atoms with van der Waals surface area (Å²) in [5, 5.41) is 0. The van der Waals surface area contributed by atoms with Crippen molar-refractivity contribution in [2.75, 3.05) is 13.2 Å². The summed E-state index contributed by atoms with van der Waals surface area (Å²) < 4.78 is 16.9. The Balaban J connectivity index is 4.19. The van der Waals surface area contributed by atoms with Crippen LogP contribution in [0.25, 0.3) is 0 Å². The van der Waals surface area contributed by atoms with Crippen molar-refractivity contribution in [3.63, 3.8) is 0 Å². The number of carbonyl (C=O) groups excluding carboxylic acids is 3. The zero-order valence-corrected chi connectivity index (χ0v) is 53.7. The zero-order valence-electron chi connectivity index (χ0n) is 53.7. The molecular weight excluding hydrogens is 1020 g/mol. The smallest absolute Gasteiger partial charge is 0.306 e. The fourth-order valence-corrected chi connectivity index (χ4v) is 9.01. The lowest BCUT2D eigenvalue weighted by Gasteiger charge is -2.18. The van der Waals surface area contributed by atoms with Gasteiger partial charge in [-0.05, 0) is 128 Å². The van der Waals surface area contributed by atoms with Gasteiger partial charge in [-0.2, -0.15) is 0 Å².